The molecule has 7 nitrogen and oxygen atoms in total. The molecule has 4 aromatic rings. The van der Waals surface area contributed by atoms with Crippen molar-refractivity contribution in [1.29, 1.82) is 0 Å². The van der Waals surface area contributed by atoms with Gasteiger partial charge in [0.1, 0.15) is 0 Å². The molecule has 0 bridgehead atoms. The molecule has 0 saturated heterocycles. The van der Waals surface area contributed by atoms with Gasteiger partial charge in [-0.1, -0.05) is 23.5 Å². The van der Waals surface area contributed by atoms with Gasteiger partial charge in [-0.25, -0.2) is 13.4 Å². The van der Waals surface area contributed by atoms with Crippen LogP contribution in [0.25, 0.3) is 10.2 Å². The quantitative estimate of drug-likeness (QED) is 0.453. The number of nitrogens with one attached hydrogen (secondary N) is 2. The summed E-state index contributed by atoms with van der Waals surface area (Å²) in [5.74, 6) is -0.285. The summed E-state index contributed by atoms with van der Waals surface area (Å²) >= 11 is 1.24. The Morgan fingerprint density at radius 3 is 2.71 bits per heavy atom. The number of hydrogen-bond donors (Lipinski definition) is 2. The van der Waals surface area contributed by atoms with Gasteiger partial charge in [-0.15, -0.1) is 0 Å². The van der Waals surface area contributed by atoms with Crippen LogP contribution in [0.4, 0.5) is 10.8 Å². The zero-order chi connectivity index (χ0) is 22.0. The van der Waals surface area contributed by atoms with E-state index in [-0.39, 0.29) is 10.8 Å². The first-order valence-corrected chi connectivity index (χ1v) is 12.2. The third-order valence-electron chi connectivity index (χ3n) is 4.71. The summed E-state index contributed by atoms with van der Waals surface area (Å²) in [5, 5.41) is 6.56. The molecular weight excluding hydrogens is 432 g/mol. The van der Waals surface area contributed by atoms with Crippen LogP contribution in [-0.2, 0) is 16.4 Å². The molecule has 0 saturated carbocycles. The van der Waals surface area contributed by atoms with Crippen LogP contribution in [0.3, 0.4) is 0 Å². The van der Waals surface area contributed by atoms with Gasteiger partial charge in [-0.05, 0) is 54.4 Å². The number of amides is 1. The third-order valence-corrected chi connectivity index (χ3v) is 6.76. The fourth-order valence-corrected chi connectivity index (χ4v) is 4.63. The first kappa shape index (κ1) is 21.0. The number of carbonyl (C=O) groups is 1. The molecule has 1 amide bonds. The SMILES string of the molecule is Cc1ccc(C(=O)Nc2nc3ccc(S(C)(=O)=O)cc3s2)cc1NCc1cccnc1. The summed E-state index contributed by atoms with van der Waals surface area (Å²) in [5.41, 5.74) is 4.05. The molecule has 0 unspecified atom stereocenters. The number of nitrogens with zero attached hydrogens (tertiary/aromatic N) is 2. The number of aryl methyl sites for hydroxylation is 1. The number of fused-ring (bicyclic) bond motifs is 1. The van der Waals surface area contributed by atoms with Crippen molar-refractivity contribution < 1.29 is 13.2 Å². The summed E-state index contributed by atoms with van der Waals surface area (Å²) < 4.78 is 24.2. The van der Waals surface area contributed by atoms with Gasteiger partial charge in [-0.3, -0.25) is 15.1 Å². The molecule has 2 heterocycles. The normalized spacial score (nSPS) is 11.4. The fraction of sp³-hybridized carbons (Fsp3) is 0.136. The molecule has 0 spiro atoms. The molecule has 2 aromatic carbocycles. The lowest BCUT2D eigenvalue weighted by molar-refractivity contribution is 0.102. The van der Waals surface area contributed by atoms with Gasteiger partial charge in [0, 0.05) is 36.4 Å². The lowest BCUT2D eigenvalue weighted by atomic mass is 10.1. The average molecular weight is 453 g/mol. The Bertz CT molecular complexity index is 1370. The summed E-state index contributed by atoms with van der Waals surface area (Å²) in [4.78, 5) is 21.5. The highest BCUT2D eigenvalue weighted by Crippen LogP contribution is 2.29. The number of thiazole rings is 1. The molecule has 0 atom stereocenters. The third kappa shape index (κ3) is 4.89. The van der Waals surface area contributed by atoms with Gasteiger partial charge in [0.15, 0.2) is 15.0 Å². The van der Waals surface area contributed by atoms with Crippen LogP contribution in [0.2, 0.25) is 0 Å². The van der Waals surface area contributed by atoms with Crippen molar-refractivity contribution in [3.8, 4) is 0 Å². The van der Waals surface area contributed by atoms with Crippen LogP contribution in [0.5, 0.6) is 0 Å². The highest BCUT2D eigenvalue weighted by Gasteiger charge is 2.14. The van der Waals surface area contributed by atoms with E-state index in [1.165, 1.54) is 17.4 Å². The van der Waals surface area contributed by atoms with Crippen molar-refractivity contribution in [2.75, 3.05) is 16.9 Å². The van der Waals surface area contributed by atoms with E-state index >= 15 is 0 Å². The van der Waals surface area contributed by atoms with E-state index in [1.54, 1.807) is 36.7 Å². The Balaban J connectivity index is 1.51. The fourth-order valence-electron chi connectivity index (χ4n) is 3.01. The molecule has 9 heteroatoms. The topological polar surface area (TPSA) is 101 Å². The van der Waals surface area contributed by atoms with Crippen molar-refractivity contribution >= 4 is 48.1 Å². The zero-order valence-corrected chi connectivity index (χ0v) is 18.5. The number of sulfone groups is 1. The summed E-state index contributed by atoms with van der Waals surface area (Å²) in [6, 6.07) is 14.0. The monoisotopic (exact) mass is 452 g/mol. The summed E-state index contributed by atoms with van der Waals surface area (Å²) in [6.45, 7) is 2.57. The number of carbonyl (C=O) groups excluding carboxylic acids is 1. The highest BCUT2D eigenvalue weighted by atomic mass is 32.2. The van der Waals surface area contributed by atoms with E-state index in [4.69, 9.17) is 0 Å². The maximum Gasteiger partial charge on any atom is 0.257 e. The Morgan fingerprint density at radius 2 is 1.97 bits per heavy atom. The van der Waals surface area contributed by atoms with Crippen molar-refractivity contribution in [1.82, 2.24) is 9.97 Å². The number of pyridine rings is 1. The standard InChI is InChI=1S/C22H20N4O3S2/c1-14-5-6-16(10-19(14)24-13-15-4-3-9-23-12-15)21(27)26-22-25-18-8-7-17(31(2,28)29)11-20(18)30-22/h3-12,24H,13H2,1-2H3,(H,25,26,27). The van der Waals surface area contributed by atoms with E-state index < -0.39 is 9.84 Å². The summed E-state index contributed by atoms with van der Waals surface area (Å²) in [7, 11) is -3.30. The Kier molecular flexibility index (Phi) is 5.71. The van der Waals surface area contributed by atoms with Crippen molar-refractivity contribution in [3.05, 3.63) is 77.6 Å². The lowest BCUT2D eigenvalue weighted by Gasteiger charge is -2.11. The second-order valence-corrected chi connectivity index (χ2v) is 10.2. The molecule has 0 radical (unpaired) electrons. The molecule has 0 aliphatic heterocycles. The smallest absolute Gasteiger partial charge is 0.257 e. The van der Waals surface area contributed by atoms with Crippen LogP contribution in [-0.4, -0.2) is 30.5 Å². The van der Waals surface area contributed by atoms with E-state index in [0.717, 1.165) is 23.1 Å². The number of aromatic nitrogens is 2. The van der Waals surface area contributed by atoms with E-state index in [9.17, 15) is 13.2 Å². The predicted molar refractivity (Wildman–Crippen MR) is 123 cm³/mol. The van der Waals surface area contributed by atoms with Crippen LogP contribution < -0.4 is 10.6 Å². The number of anilines is 2. The second-order valence-electron chi connectivity index (χ2n) is 7.12. The molecule has 158 valence electrons. The van der Waals surface area contributed by atoms with Gasteiger partial charge in [0.25, 0.3) is 5.91 Å². The lowest BCUT2D eigenvalue weighted by Crippen LogP contribution is -2.12. The molecule has 4 rings (SSSR count). The van der Waals surface area contributed by atoms with Crippen molar-refractivity contribution in [2.24, 2.45) is 0 Å². The number of hydrogen-bond acceptors (Lipinski definition) is 7. The van der Waals surface area contributed by atoms with Crippen LogP contribution in [0.15, 0.2) is 65.8 Å². The number of benzene rings is 2. The first-order chi connectivity index (χ1) is 14.8. The van der Waals surface area contributed by atoms with Gasteiger partial charge in [0.05, 0.1) is 15.1 Å². The van der Waals surface area contributed by atoms with Crippen LogP contribution in [0, 0.1) is 6.92 Å². The Morgan fingerprint density at radius 1 is 1.13 bits per heavy atom. The largest absolute Gasteiger partial charge is 0.381 e. The number of rotatable bonds is 6. The molecule has 0 aliphatic carbocycles. The molecule has 31 heavy (non-hydrogen) atoms. The molecule has 2 aromatic heterocycles. The Hall–Kier alpha value is -3.30. The van der Waals surface area contributed by atoms with Gasteiger partial charge in [-0.2, -0.15) is 0 Å². The van der Waals surface area contributed by atoms with Crippen molar-refractivity contribution in [3.63, 3.8) is 0 Å². The van der Waals surface area contributed by atoms with Gasteiger partial charge >= 0.3 is 0 Å². The molecular formula is C22H20N4O3S2. The van der Waals surface area contributed by atoms with Crippen molar-refractivity contribution in [2.45, 2.75) is 18.4 Å². The van der Waals surface area contributed by atoms with E-state index in [2.05, 4.69) is 20.6 Å². The first-order valence-electron chi connectivity index (χ1n) is 9.45. The Labute approximate surface area is 184 Å². The minimum atomic E-state index is -3.30. The minimum Gasteiger partial charge on any atom is -0.381 e. The second kappa shape index (κ2) is 8.44. The minimum absolute atomic E-state index is 0.226. The van der Waals surface area contributed by atoms with E-state index in [0.29, 0.717) is 27.5 Å². The molecule has 0 fully saturated rings. The zero-order valence-electron chi connectivity index (χ0n) is 16.9. The highest BCUT2D eigenvalue weighted by molar-refractivity contribution is 7.90. The molecule has 0 aliphatic rings. The van der Waals surface area contributed by atoms with Gasteiger partial charge in [0.2, 0.25) is 0 Å². The average Bonchev–Trinajstić information content (AvgIpc) is 3.14. The maximum absolute atomic E-state index is 12.8. The van der Waals surface area contributed by atoms with E-state index in [1.807, 2.05) is 25.1 Å². The maximum atomic E-state index is 12.8. The van der Waals surface area contributed by atoms with Crippen LogP contribution >= 0.6 is 11.3 Å². The summed E-state index contributed by atoms with van der Waals surface area (Å²) in [6.07, 6.45) is 4.68. The predicted octanol–water partition coefficient (Wildman–Crippen LogP) is 4.27. The van der Waals surface area contributed by atoms with Gasteiger partial charge < -0.3 is 5.32 Å². The van der Waals surface area contributed by atoms with Crippen LogP contribution in [0.1, 0.15) is 21.5 Å². The molecule has 2 N–H and O–H groups in total.